The van der Waals surface area contributed by atoms with Crippen molar-refractivity contribution in [1.82, 2.24) is 20.2 Å². The molecule has 51 heavy (non-hydrogen) atoms. The molecule has 1 amide bonds. The molecular formula is C38H48Cl2N6O5. The lowest BCUT2D eigenvalue weighted by molar-refractivity contribution is -0.160. The van der Waals surface area contributed by atoms with Crippen LogP contribution < -0.4 is 15.1 Å². The van der Waals surface area contributed by atoms with E-state index in [1.807, 2.05) is 67.3 Å². The number of benzene rings is 2. The molecule has 2 aliphatic rings. The summed E-state index contributed by atoms with van der Waals surface area (Å²) >= 11 is 13.0. The lowest BCUT2D eigenvalue weighted by Crippen LogP contribution is -2.62. The number of Topliss-reactive ketones (excluding diaryl/α,β-unsaturated/α-hetero) is 1. The van der Waals surface area contributed by atoms with Gasteiger partial charge in [0.1, 0.15) is 11.7 Å². The fraction of sp³-hybridized carbons (Fsp3) is 0.500. The van der Waals surface area contributed by atoms with Crippen LogP contribution in [0.5, 0.6) is 0 Å². The van der Waals surface area contributed by atoms with Crippen molar-refractivity contribution in [3.05, 3.63) is 69.8 Å². The third kappa shape index (κ3) is 9.69. The van der Waals surface area contributed by atoms with Crippen LogP contribution in [0.2, 0.25) is 10.0 Å². The van der Waals surface area contributed by atoms with E-state index in [-0.39, 0.29) is 18.4 Å². The van der Waals surface area contributed by atoms with Crippen LogP contribution >= 0.6 is 23.2 Å². The Labute approximate surface area is 310 Å². The van der Waals surface area contributed by atoms with E-state index in [1.165, 1.54) is 4.90 Å². The molecule has 1 aliphatic carbocycles. The SMILES string of the molecule is CN(C)c1ncc(-c2cccc(CCNC3CCN(C(=O)OC(C)(C)C)[C@@H](C(=O)OC4CCCC4)C3=O)c2)nc1N(C)Cc1c(Cl)cccc1Cl. The molecule has 0 radical (unpaired) electrons. The van der Waals surface area contributed by atoms with Crippen molar-refractivity contribution in [1.29, 1.82) is 0 Å². The zero-order valence-electron chi connectivity index (χ0n) is 30.2. The average molecular weight is 740 g/mol. The Hall–Kier alpha value is -3.93. The van der Waals surface area contributed by atoms with E-state index in [9.17, 15) is 14.4 Å². The van der Waals surface area contributed by atoms with Crippen molar-refractivity contribution in [2.45, 2.75) is 89.6 Å². The summed E-state index contributed by atoms with van der Waals surface area (Å²) in [5.41, 5.74) is 2.67. The summed E-state index contributed by atoms with van der Waals surface area (Å²) < 4.78 is 11.3. The van der Waals surface area contributed by atoms with Gasteiger partial charge in [0.05, 0.1) is 17.9 Å². The summed E-state index contributed by atoms with van der Waals surface area (Å²) in [5.74, 6) is 0.323. The average Bonchev–Trinajstić information content (AvgIpc) is 3.59. The number of nitrogens with zero attached hydrogens (tertiary/aromatic N) is 5. The minimum absolute atomic E-state index is 0.194. The van der Waals surface area contributed by atoms with Crippen LogP contribution in [0.1, 0.15) is 64.0 Å². The van der Waals surface area contributed by atoms with Crippen molar-refractivity contribution in [3.63, 3.8) is 0 Å². The van der Waals surface area contributed by atoms with E-state index in [0.717, 1.165) is 42.4 Å². The molecule has 0 bridgehead atoms. The van der Waals surface area contributed by atoms with Gasteiger partial charge < -0.3 is 24.6 Å². The normalized spacial score (nSPS) is 18.1. The molecule has 1 saturated carbocycles. The van der Waals surface area contributed by atoms with Crippen LogP contribution in [0.15, 0.2) is 48.7 Å². The molecule has 0 spiro atoms. The molecule has 3 aromatic rings. The largest absolute Gasteiger partial charge is 0.461 e. The second-order valence-corrected chi connectivity index (χ2v) is 15.2. The standard InChI is InChI=1S/C38H48Cl2N6O5/c1-38(2,3)51-37(49)46-20-18-30(33(47)32(46)36(48)50-26-13-7-8-14-26)41-19-17-24-11-9-12-25(21-24)31-22-42-34(44(4)5)35(43-31)45(6)23-27-28(39)15-10-16-29(27)40/h9-12,15-16,21-22,26,30,32,41H,7-8,13-14,17-20,23H2,1-6H3/t30?,32-/m1/s1. The second-order valence-electron chi connectivity index (χ2n) is 14.4. The highest BCUT2D eigenvalue weighted by molar-refractivity contribution is 6.36. The van der Waals surface area contributed by atoms with Crippen LogP contribution in [0, 0.1) is 0 Å². The Balaban J connectivity index is 1.27. The molecule has 1 unspecified atom stereocenters. The van der Waals surface area contributed by atoms with Gasteiger partial charge in [-0.05, 0) is 89.6 Å². The second kappa shape index (κ2) is 16.6. The highest BCUT2D eigenvalue weighted by atomic mass is 35.5. The molecule has 1 aliphatic heterocycles. The fourth-order valence-corrected chi connectivity index (χ4v) is 6.95. The Kier molecular flexibility index (Phi) is 12.5. The highest BCUT2D eigenvalue weighted by Crippen LogP contribution is 2.32. The molecule has 5 rings (SSSR count). The number of rotatable bonds is 11. The number of piperidine rings is 1. The number of esters is 1. The lowest BCUT2D eigenvalue weighted by Gasteiger charge is -2.38. The van der Waals surface area contributed by atoms with Crippen molar-refractivity contribution < 1.29 is 23.9 Å². The topological polar surface area (TPSA) is 117 Å². The maximum atomic E-state index is 13.8. The molecule has 1 N–H and O–H groups in total. The van der Waals surface area contributed by atoms with Gasteiger partial charge >= 0.3 is 12.1 Å². The Morgan fingerprint density at radius 2 is 1.69 bits per heavy atom. The Morgan fingerprint density at radius 3 is 2.35 bits per heavy atom. The smallest absolute Gasteiger partial charge is 0.411 e. The number of nitrogens with one attached hydrogen (secondary N) is 1. The quantitative estimate of drug-likeness (QED) is 0.168. The molecule has 2 aromatic carbocycles. The van der Waals surface area contributed by atoms with Crippen molar-refractivity contribution in [3.8, 4) is 11.3 Å². The number of carbonyl (C=O) groups is 3. The van der Waals surface area contributed by atoms with Gasteiger partial charge in [-0.2, -0.15) is 0 Å². The predicted molar refractivity (Wildman–Crippen MR) is 201 cm³/mol. The minimum atomic E-state index is -1.35. The summed E-state index contributed by atoms with van der Waals surface area (Å²) in [5, 5.41) is 4.51. The molecule has 274 valence electrons. The third-order valence-electron chi connectivity index (χ3n) is 9.02. The number of ether oxygens (including phenoxy) is 2. The monoisotopic (exact) mass is 738 g/mol. The third-order valence-corrected chi connectivity index (χ3v) is 9.73. The summed E-state index contributed by atoms with van der Waals surface area (Å²) in [6, 6.07) is 11.5. The number of hydrogen-bond donors (Lipinski definition) is 1. The number of carbonyl (C=O) groups excluding carboxylic acids is 3. The van der Waals surface area contributed by atoms with E-state index < -0.39 is 29.7 Å². The van der Waals surface area contributed by atoms with E-state index in [2.05, 4.69) is 11.4 Å². The van der Waals surface area contributed by atoms with E-state index in [1.54, 1.807) is 27.0 Å². The van der Waals surface area contributed by atoms with E-state index in [4.69, 9.17) is 42.6 Å². The van der Waals surface area contributed by atoms with Crippen LogP contribution in [0.25, 0.3) is 11.3 Å². The molecule has 1 aromatic heterocycles. The van der Waals surface area contributed by atoms with Gasteiger partial charge in [-0.15, -0.1) is 0 Å². The van der Waals surface area contributed by atoms with Gasteiger partial charge in [0.25, 0.3) is 0 Å². The maximum absolute atomic E-state index is 13.8. The number of anilines is 2. The first-order chi connectivity index (χ1) is 24.2. The molecule has 2 fully saturated rings. The number of likely N-dealkylation sites (tertiary alicyclic amines) is 1. The Morgan fingerprint density at radius 1 is 1.00 bits per heavy atom. The van der Waals surface area contributed by atoms with Gasteiger partial charge in [-0.1, -0.05) is 47.5 Å². The first-order valence-corrected chi connectivity index (χ1v) is 18.2. The van der Waals surface area contributed by atoms with Gasteiger partial charge in [0.15, 0.2) is 23.5 Å². The summed E-state index contributed by atoms with van der Waals surface area (Å²) in [6.07, 6.45) is 5.29. The zero-order valence-corrected chi connectivity index (χ0v) is 31.8. The van der Waals surface area contributed by atoms with Gasteiger partial charge in [-0.25, -0.2) is 19.6 Å². The van der Waals surface area contributed by atoms with Gasteiger partial charge in [0, 0.05) is 55.4 Å². The molecular weight excluding hydrogens is 691 g/mol. The molecule has 11 nitrogen and oxygen atoms in total. The summed E-state index contributed by atoms with van der Waals surface area (Å²) in [6.45, 7) is 6.38. The summed E-state index contributed by atoms with van der Waals surface area (Å²) in [4.78, 5) is 55.1. The molecule has 2 heterocycles. The van der Waals surface area contributed by atoms with Crippen LogP contribution in [0.4, 0.5) is 16.4 Å². The first-order valence-electron chi connectivity index (χ1n) is 17.5. The first kappa shape index (κ1) is 38.3. The molecule has 2 atom stereocenters. The van der Waals surface area contributed by atoms with E-state index in [0.29, 0.717) is 53.3 Å². The number of ketones is 1. The Bertz CT molecular complexity index is 1700. The van der Waals surface area contributed by atoms with Gasteiger partial charge in [0.2, 0.25) is 0 Å². The van der Waals surface area contributed by atoms with Crippen LogP contribution in [-0.4, -0.2) is 90.7 Å². The predicted octanol–water partition coefficient (Wildman–Crippen LogP) is 6.72. The zero-order chi connectivity index (χ0) is 36.9. The highest BCUT2D eigenvalue weighted by Gasteiger charge is 2.46. The van der Waals surface area contributed by atoms with Crippen molar-refractivity contribution in [2.75, 3.05) is 44.0 Å². The van der Waals surface area contributed by atoms with Gasteiger partial charge in [-0.3, -0.25) is 9.69 Å². The minimum Gasteiger partial charge on any atom is -0.461 e. The molecule has 1 saturated heterocycles. The number of hydrogen-bond acceptors (Lipinski definition) is 10. The van der Waals surface area contributed by atoms with Crippen molar-refractivity contribution >= 4 is 52.7 Å². The van der Waals surface area contributed by atoms with Crippen molar-refractivity contribution in [2.24, 2.45) is 0 Å². The molecule has 13 heteroatoms. The van der Waals surface area contributed by atoms with Crippen LogP contribution in [0.3, 0.4) is 0 Å². The maximum Gasteiger partial charge on any atom is 0.411 e. The number of aromatic nitrogens is 2. The summed E-state index contributed by atoms with van der Waals surface area (Å²) in [7, 11) is 5.77. The lowest BCUT2D eigenvalue weighted by atomic mass is 9.95. The number of amides is 1. The number of halogens is 2. The fourth-order valence-electron chi connectivity index (χ4n) is 6.44. The van der Waals surface area contributed by atoms with E-state index >= 15 is 0 Å². The van der Waals surface area contributed by atoms with Crippen LogP contribution in [-0.2, 0) is 32.0 Å².